The summed E-state index contributed by atoms with van der Waals surface area (Å²) in [4.78, 5) is 4.39. The molecule has 0 aliphatic heterocycles. The van der Waals surface area contributed by atoms with Gasteiger partial charge in [0.1, 0.15) is 0 Å². The predicted octanol–water partition coefficient (Wildman–Crippen LogP) is 1.89. The number of ether oxygens (including phenoxy) is 1. The molecular formula is C8H17NO. The second-order valence-corrected chi connectivity index (χ2v) is 3.45. The van der Waals surface area contributed by atoms with E-state index < -0.39 is 0 Å². The second kappa shape index (κ2) is 3.71. The van der Waals surface area contributed by atoms with Gasteiger partial charge in [0.25, 0.3) is 0 Å². The Kier molecular flexibility index (Phi) is 3.58. The van der Waals surface area contributed by atoms with Crippen LogP contribution in [0.15, 0.2) is 4.99 Å². The van der Waals surface area contributed by atoms with Crippen molar-refractivity contribution in [3.05, 3.63) is 0 Å². The molecule has 0 aromatic carbocycles. The van der Waals surface area contributed by atoms with E-state index in [2.05, 4.69) is 25.8 Å². The third kappa shape index (κ3) is 5.76. The Morgan fingerprint density at radius 3 is 2.20 bits per heavy atom. The van der Waals surface area contributed by atoms with Crippen molar-refractivity contribution < 1.29 is 4.74 Å². The standard InChI is InChI=1S/C8H17NO/c1-7(6-10-5)9-8(2,3)4/h6H2,1-5H3. The summed E-state index contributed by atoms with van der Waals surface area (Å²) in [5.41, 5.74) is 1.08. The highest BCUT2D eigenvalue weighted by atomic mass is 16.5. The van der Waals surface area contributed by atoms with E-state index >= 15 is 0 Å². The summed E-state index contributed by atoms with van der Waals surface area (Å²) in [6, 6.07) is 0. The van der Waals surface area contributed by atoms with E-state index in [0.29, 0.717) is 6.61 Å². The lowest BCUT2D eigenvalue weighted by Crippen LogP contribution is -2.15. The maximum atomic E-state index is 4.92. The Balaban J connectivity index is 3.90. The van der Waals surface area contributed by atoms with Gasteiger partial charge < -0.3 is 4.74 Å². The van der Waals surface area contributed by atoms with Gasteiger partial charge in [-0.3, -0.25) is 4.99 Å². The molecule has 0 fully saturated rings. The number of nitrogens with zero attached hydrogens (tertiary/aromatic N) is 1. The van der Waals surface area contributed by atoms with Gasteiger partial charge in [-0.1, -0.05) is 0 Å². The highest BCUT2D eigenvalue weighted by Crippen LogP contribution is 2.06. The first-order valence-corrected chi connectivity index (χ1v) is 3.50. The van der Waals surface area contributed by atoms with E-state index in [1.165, 1.54) is 0 Å². The zero-order valence-corrected chi connectivity index (χ0v) is 7.56. The van der Waals surface area contributed by atoms with Crippen LogP contribution in [-0.4, -0.2) is 25.0 Å². The molecule has 0 aromatic rings. The van der Waals surface area contributed by atoms with Gasteiger partial charge in [0.15, 0.2) is 0 Å². The summed E-state index contributed by atoms with van der Waals surface area (Å²) in [6.45, 7) is 8.84. The van der Waals surface area contributed by atoms with Crippen LogP contribution in [0.1, 0.15) is 27.7 Å². The molecule has 0 aromatic heterocycles. The maximum absolute atomic E-state index is 4.92. The first kappa shape index (κ1) is 9.63. The third-order valence-electron chi connectivity index (χ3n) is 0.879. The van der Waals surface area contributed by atoms with Crippen molar-refractivity contribution in [2.24, 2.45) is 4.99 Å². The van der Waals surface area contributed by atoms with E-state index in [-0.39, 0.29) is 5.54 Å². The molecule has 0 amide bonds. The van der Waals surface area contributed by atoms with Crippen molar-refractivity contribution >= 4 is 5.71 Å². The Hall–Kier alpha value is -0.370. The van der Waals surface area contributed by atoms with Crippen LogP contribution in [0.5, 0.6) is 0 Å². The average Bonchev–Trinajstić information content (AvgIpc) is 1.59. The Morgan fingerprint density at radius 1 is 1.40 bits per heavy atom. The quantitative estimate of drug-likeness (QED) is 0.541. The van der Waals surface area contributed by atoms with Crippen LogP contribution in [-0.2, 0) is 4.74 Å². The lowest BCUT2D eigenvalue weighted by molar-refractivity contribution is 0.244. The van der Waals surface area contributed by atoms with Gasteiger partial charge in [0.2, 0.25) is 0 Å². The monoisotopic (exact) mass is 143 g/mol. The van der Waals surface area contributed by atoms with Crippen molar-refractivity contribution in [2.45, 2.75) is 33.2 Å². The number of methoxy groups -OCH3 is 1. The fourth-order valence-electron chi connectivity index (χ4n) is 0.814. The van der Waals surface area contributed by atoms with Crippen molar-refractivity contribution in [2.75, 3.05) is 13.7 Å². The van der Waals surface area contributed by atoms with Crippen LogP contribution >= 0.6 is 0 Å². The molecule has 2 nitrogen and oxygen atoms in total. The summed E-state index contributed by atoms with van der Waals surface area (Å²) in [5.74, 6) is 0. The second-order valence-electron chi connectivity index (χ2n) is 3.45. The summed E-state index contributed by atoms with van der Waals surface area (Å²) in [6.07, 6.45) is 0. The fraction of sp³-hybridized carbons (Fsp3) is 0.875. The van der Waals surface area contributed by atoms with Gasteiger partial charge in [0.05, 0.1) is 12.1 Å². The van der Waals surface area contributed by atoms with Gasteiger partial charge in [-0.2, -0.15) is 0 Å². The molecule has 0 saturated carbocycles. The first-order chi connectivity index (χ1) is 4.45. The molecule has 0 spiro atoms. The SMILES string of the molecule is COCC(C)=NC(C)(C)C. The minimum absolute atomic E-state index is 0.0304. The van der Waals surface area contributed by atoms with E-state index in [0.717, 1.165) is 5.71 Å². The molecule has 60 valence electrons. The molecule has 0 atom stereocenters. The molecule has 0 N–H and O–H groups in total. The summed E-state index contributed by atoms with van der Waals surface area (Å²) >= 11 is 0. The highest BCUT2D eigenvalue weighted by Gasteiger charge is 2.06. The fourth-order valence-corrected chi connectivity index (χ4v) is 0.814. The smallest absolute Gasteiger partial charge is 0.0837 e. The van der Waals surface area contributed by atoms with Gasteiger partial charge in [-0.25, -0.2) is 0 Å². The number of aliphatic imine (C=N–C) groups is 1. The van der Waals surface area contributed by atoms with Crippen LogP contribution in [0.4, 0.5) is 0 Å². The zero-order chi connectivity index (χ0) is 8.20. The normalized spacial score (nSPS) is 13.9. The summed E-state index contributed by atoms with van der Waals surface area (Å²) in [5, 5.41) is 0. The van der Waals surface area contributed by atoms with Crippen LogP contribution in [0.3, 0.4) is 0 Å². The molecular weight excluding hydrogens is 126 g/mol. The molecule has 0 aliphatic carbocycles. The van der Waals surface area contributed by atoms with Gasteiger partial charge in [-0.05, 0) is 27.7 Å². The summed E-state index contributed by atoms with van der Waals surface area (Å²) < 4.78 is 4.92. The van der Waals surface area contributed by atoms with E-state index in [4.69, 9.17) is 4.74 Å². The topological polar surface area (TPSA) is 21.6 Å². The molecule has 0 unspecified atom stereocenters. The van der Waals surface area contributed by atoms with Crippen LogP contribution in [0, 0.1) is 0 Å². The largest absolute Gasteiger partial charge is 0.379 e. The van der Waals surface area contributed by atoms with Crippen molar-refractivity contribution in [1.29, 1.82) is 0 Å². The van der Waals surface area contributed by atoms with Crippen molar-refractivity contribution in [1.82, 2.24) is 0 Å². The van der Waals surface area contributed by atoms with Gasteiger partial charge in [-0.15, -0.1) is 0 Å². The Morgan fingerprint density at radius 2 is 1.90 bits per heavy atom. The molecule has 2 heteroatoms. The molecule has 0 bridgehead atoms. The van der Waals surface area contributed by atoms with Crippen molar-refractivity contribution in [3.8, 4) is 0 Å². The minimum Gasteiger partial charge on any atom is -0.379 e. The Labute approximate surface area is 63.3 Å². The predicted molar refractivity (Wildman–Crippen MR) is 44.7 cm³/mol. The highest BCUT2D eigenvalue weighted by molar-refractivity contribution is 5.83. The number of hydrogen-bond donors (Lipinski definition) is 0. The number of rotatable bonds is 2. The average molecular weight is 143 g/mol. The van der Waals surface area contributed by atoms with Crippen LogP contribution < -0.4 is 0 Å². The maximum Gasteiger partial charge on any atom is 0.0837 e. The lowest BCUT2D eigenvalue weighted by Gasteiger charge is -2.13. The van der Waals surface area contributed by atoms with Crippen LogP contribution in [0.25, 0.3) is 0 Å². The van der Waals surface area contributed by atoms with E-state index in [1.54, 1.807) is 7.11 Å². The van der Waals surface area contributed by atoms with Crippen LogP contribution in [0.2, 0.25) is 0 Å². The summed E-state index contributed by atoms with van der Waals surface area (Å²) in [7, 11) is 1.68. The zero-order valence-electron chi connectivity index (χ0n) is 7.56. The molecule has 0 saturated heterocycles. The van der Waals surface area contributed by atoms with Gasteiger partial charge in [0, 0.05) is 12.8 Å². The first-order valence-electron chi connectivity index (χ1n) is 3.50. The van der Waals surface area contributed by atoms with E-state index in [9.17, 15) is 0 Å². The third-order valence-corrected chi connectivity index (χ3v) is 0.879. The molecule has 0 rings (SSSR count). The van der Waals surface area contributed by atoms with E-state index in [1.807, 2.05) is 6.92 Å². The molecule has 0 radical (unpaired) electrons. The number of hydrogen-bond acceptors (Lipinski definition) is 2. The lowest BCUT2D eigenvalue weighted by atomic mass is 10.1. The van der Waals surface area contributed by atoms with Crippen molar-refractivity contribution in [3.63, 3.8) is 0 Å². The molecule has 0 heterocycles. The minimum atomic E-state index is 0.0304. The molecule has 10 heavy (non-hydrogen) atoms. The Bertz CT molecular complexity index is 122. The van der Waals surface area contributed by atoms with Gasteiger partial charge >= 0.3 is 0 Å². The molecule has 0 aliphatic rings.